The van der Waals surface area contributed by atoms with E-state index in [9.17, 15) is 0 Å². The van der Waals surface area contributed by atoms with Gasteiger partial charge in [0.25, 0.3) is 0 Å². The number of likely N-dealkylation sites (tertiary alicyclic amines) is 1. The Hall–Kier alpha value is -0.0800. The van der Waals surface area contributed by atoms with Crippen molar-refractivity contribution >= 4 is 0 Å². The van der Waals surface area contributed by atoms with Gasteiger partial charge < -0.3 is 0 Å². The predicted molar refractivity (Wildman–Crippen MR) is 53.1 cm³/mol. The van der Waals surface area contributed by atoms with Crippen LogP contribution >= 0.6 is 0 Å². The average Bonchev–Trinajstić information content (AvgIpc) is 2.34. The molecule has 1 aliphatic rings. The first-order chi connectivity index (χ1) is 5.59. The Morgan fingerprint density at radius 3 is 2.50 bits per heavy atom. The minimum absolute atomic E-state index is 0.858. The van der Waals surface area contributed by atoms with Crippen LogP contribution < -0.4 is 0 Å². The van der Waals surface area contributed by atoms with Crippen molar-refractivity contribution in [1.82, 2.24) is 9.80 Å². The SMILES string of the molecule is CC(C)C1CCN(CN(C)C)C1. The van der Waals surface area contributed by atoms with Crippen LogP contribution in [0.2, 0.25) is 0 Å². The molecule has 0 saturated carbocycles. The van der Waals surface area contributed by atoms with Gasteiger partial charge in [-0.05, 0) is 38.9 Å². The van der Waals surface area contributed by atoms with Crippen molar-refractivity contribution in [3.63, 3.8) is 0 Å². The molecule has 0 bridgehead atoms. The fourth-order valence-corrected chi connectivity index (χ4v) is 1.94. The Bertz CT molecular complexity index is 132. The van der Waals surface area contributed by atoms with Crippen molar-refractivity contribution in [2.75, 3.05) is 33.9 Å². The summed E-state index contributed by atoms with van der Waals surface area (Å²) < 4.78 is 0. The zero-order valence-electron chi connectivity index (χ0n) is 8.88. The summed E-state index contributed by atoms with van der Waals surface area (Å²) in [6, 6.07) is 0. The van der Waals surface area contributed by atoms with Gasteiger partial charge in [0, 0.05) is 6.54 Å². The van der Waals surface area contributed by atoms with E-state index >= 15 is 0 Å². The van der Waals surface area contributed by atoms with Gasteiger partial charge in [-0.25, -0.2) is 0 Å². The first kappa shape index (κ1) is 10.0. The third-order valence-electron chi connectivity index (χ3n) is 2.73. The highest BCUT2D eigenvalue weighted by Gasteiger charge is 2.24. The first-order valence-corrected chi connectivity index (χ1v) is 4.96. The van der Waals surface area contributed by atoms with Gasteiger partial charge in [0.05, 0.1) is 6.67 Å². The fraction of sp³-hybridized carbons (Fsp3) is 1.00. The molecule has 0 N–H and O–H groups in total. The summed E-state index contributed by atoms with van der Waals surface area (Å²) in [5.74, 6) is 1.79. The molecule has 1 saturated heterocycles. The summed E-state index contributed by atoms with van der Waals surface area (Å²) in [6.07, 6.45) is 1.39. The molecule has 1 rings (SSSR count). The Labute approximate surface area is 76.5 Å². The summed E-state index contributed by atoms with van der Waals surface area (Å²) in [5, 5.41) is 0. The highest BCUT2D eigenvalue weighted by atomic mass is 15.3. The number of rotatable bonds is 3. The van der Waals surface area contributed by atoms with E-state index in [-0.39, 0.29) is 0 Å². The summed E-state index contributed by atoms with van der Waals surface area (Å²) in [4.78, 5) is 4.80. The Balaban J connectivity index is 2.26. The lowest BCUT2D eigenvalue weighted by Gasteiger charge is -2.21. The lowest BCUT2D eigenvalue weighted by atomic mass is 9.95. The smallest absolute Gasteiger partial charge is 0.0500 e. The molecular weight excluding hydrogens is 148 g/mol. The zero-order chi connectivity index (χ0) is 9.14. The van der Waals surface area contributed by atoms with E-state index in [1.54, 1.807) is 0 Å². The van der Waals surface area contributed by atoms with Crippen LogP contribution in [0.15, 0.2) is 0 Å². The van der Waals surface area contributed by atoms with Crippen LogP contribution in [0.25, 0.3) is 0 Å². The molecule has 72 valence electrons. The minimum atomic E-state index is 0.858. The van der Waals surface area contributed by atoms with Gasteiger partial charge in [-0.3, -0.25) is 9.80 Å². The molecular formula is C10H22N2. The van der Waals surface area contributed by atoms with Gasteiger partial charge in [0.1, 0.15) is 0 Å². The molecule has 1 heterocycles. The third-order valence-corrected chi connectivity index (χ3v) is 2.73. The number of hydrogen-bond donors (Lipinski definition) is 0. The third kappa shape index (κ3) is 2.76. The van der Waals surface area contributed by atoms with Gasteiger partial charge in [-0.15, -0.1) is 0 Å². The monoisotopic (exact) mass is 170 g/mol. The predicted octanol–water partition coefficient (Wildman–Crippen LogP) is 1.48. The van der Waals surface area contributed by atoms with Crippen LogP contribution in [0.4, 0.5) is 0 Å². The van der Waals surface area contributed by atoms with Crippen LogP contribution in [0, 0.1) is 11.8 Å². The van der Waals surface area contributed by atoms with E-state index in [0.717, 1.165) is 18.5 Å². The molecule has 0 aromatic carbocycles. The largest absolute Gasteiger partial charge is 0.297 e. The van der Waals surface area contributed by atoms with Crippen LogP contribution in [-0.2, 0) is 0 Å². The standard InChI is InChI=1S/C10H22N2/c1-9(2)10-5-6-12(7-10)8-11(3)4/h9-10H,5-8H2,1-4H3. The van der Waals surface area contributed by atoms with Crippen LogP contribution in [0.3, 0.4) is 0 Å². The maximum Gasteiger partial charge on any atom is 0.0500 e. The second-order valence-electron chi connectivity index (χ2n) is 4.59. The minimum Gasteiger partial charge on any atom is -0.297 e. The normalized spacial score (nSPS) is 26.0. The Kier molecular flexibility index (Phi) is 3.53. The highest BCUT2D eigenvalue weighted by molar-refractivity contribution is 4.76. The molecule has 0 aromatic rings. The van der Waals surface area contributed by atoms with Gasteiger partial charge in [-0.2, -0.15) is 0 Å². The summed E-state index contributed by atoms with van der Waals surface area (Å²) >= 11 is 0. The topological polar surface area (TPSA) is 6.48 Å². The molecule has 0 spiro atoms. The quantitative estimate of drug-likeness (QED) is 0.633. The molecule has 1 aliphatic heterocycles. The van der Waals surface area contributed by atoms with E-state index in [2.05, 4.69) is 37.7 Å². The second kappa shape index (κ2) is 4.24. The van der Waals surface area contributed by atoms with Gasteiger partial charge in [-0.1, -0.05) is 13.8 Å². The molecule has 0 aromatic heterocycles. The van der Waals surface area contributed by atoms with E-state index < -0.39 is 0 Å². The van der Waals surface area contributed by atoms with E-state index in [1.165, 1.54) is 19.5 Å². The van der Waals surface area contributed by atoms with E-state index in [1.807, 2.05) is 0 Å². The molecule has 0 amide bonds. The van der Waals surface area contributed by atoms with Gasteiger partial charge in [0.2, 0.25) is 0 Å². The van der Waals surface area contributed by atoms with Crippen molar-refractivity contribution in [2.24, 2.45) is 11.8 Å². The summed E-state index contributed by atoms with van der Waals surface area (Å²) in [7, 11) is 4.28. The number of nitrogens with zero attached hydrogens (tertiary/aromatic N) is 2. The zero-order valence-corrected chi connectivity index (χ0v) is 8.88. The lowest BCUT2D eigenvalue weighted by Crippen LogP contribution is -2.32. The van der Waals surface area contributed by atoms with Gasteiger partial charge >= 0.3 is 0 Å². The molecule has 1 fully saturated rings. The molecule has 0 radical (unpaired) electrons. The van der Waals surface area contributed by atoms with Crippen molar-refractivity contribution in [3.8, 4) is 0 Å². The fourth-order valence-electron chi connectivity index (χ4n) is 1.94. The first-order valence-electron chi connectivity index (χ1n) is 4.96. The highest BCUT2D eigenvalue weighted by Crippen LogP contribution is 2.23. The van der Waals surface area contributed by atoms with Crippen molar-refractivity contribution in [1.29, 1.82) is 0 Å². The molecule has 2 nitrogen and oxygen atoms in total. The Morgan fingerprint density at radius 1 is 1.42 bits per heavy atom. The molecule has 1 atom stereocenters. The van der Waals surface area contributed by atoms with Crippen LogP contribution in [0.5, 0.6) is 0 Å². The van der Waals surface area contributed by atoms with E-state index in [0.29, 0.717) is 0 Å². The summed E-state index contributed by atoms with van der Waals surface area (Å²) in [5.41, 5.74) is 0. The van der Waals surface area contributed by atoms with Gasteiger partial charge in [0.15, 0.2) is 0 Å². The molecule has 0 aliphatic carbocycles. The van der Waals surface area contributed by atoms with Crippen molar-refractivity contribution in [2.45, 2.75) is 20.3 Å². The van der Waals surface area contributed by atoms with Crippen LogP contribution in [0.1, 0.15) is 20.3 Å². The maximum atomic E-state index is 2.55. The molecule has 12 heavy (non-hydrogen) atoms. The van der Waals surface area contributed by atoms with E-state index in [4.69, 9.17) is 0 Å². The summed E-state index contributed by atoms with van der Waals surface area (Å²) in [6.45, 7) is 8.40. The Morgan fingerprint density at radius 2 is 2.08 bits per heavy atom. The van der Waals surface area contributed by atoms with Crippen molar-refractivity contribution in [3.05, 3.63) is 0 Å². The van der Waals surface area contributed by atoms with Crippen molar-refractivity contribution < 1.29 is 0 Å². The maximum absolute atomic E-state index is 2.55. The second-order valence-corrected chi connectivity index (χ2v) is 4.59. The molecule has 2 heteroatoms. The molecule has 1 unspecified atom stereocenters. The number of hydrogen-bond acceptors (Lipinski definition) is 2. The lowest BCUT2D eigenvalue weighted by molar-refractivity contribution is 0.199. The van der Waals surface area contributed by atoms with Crippen LogP contribution in [-0.4, -0.2) is 43.7 Å². The average molecular weight is 170 g/mol.